The Labute approximate surface area is 71.1 Å². The van der Waals surface area contributed by atoms with Crippen molar-refractivity contribution in [3.63, 3.8) is 0 Å². The van der Waals surface area contributed by atoms with Crippen LogP contribution in [-0.4, -0.2) is 18.9 Å². The standard InChI is InChI=1S/C9H12O3/c1-12-8(11)9-3-2-7(10)4-6(9)5-9/h6H,2-5H2,1H3/t6-,9-/m1/s1. The minimum absolute atomic E-state index is 0.111. The van der Waals surface area contributed by atoms with Crippen molar-refractivity contribution in [1.29, 1.82) is 0 Å². The topological polar surface area (TPSA) is 43.4 Å². The fourth-order valence-electron chi connectivity index (χ4n) is 2.25. The zero-order chi connectivity index (χ0) is 8.77. The van der Waals surface area contributed by atoms with Crippen molar-refractivity contribution >= 4 is 11.8 Å². The lowest BCUT2D eigenvalue weighted by atomic mass is 9.88. The van der Waals surface area contributed by atoms with Crippen LogP contribution in [0, 0.1) is 11.3 Å². The van der Waals surface area contributed by atoms with E-state index in [-0.39, 0.29) is 11.4 Å². The Morgan fingerprint density at radius 3 is 3.00 bits per heavy atom. The fourth-order valence-corrected chi connectivity index (χ4v) is 2.25. The van der Waals surface area contributed by atoms with E-state index in [1.165, 1.54) is 7.11 Å². The molecule has 0 aromatic rings. The van der Waals surface area contributed by atoms with Gasteiger partial charge in [0.2, 0.25) is 0 Å². The number of ketones is 1. The molecular weight excluding hydrogens is 156 g/mol. The molecule has 0 unspecified atom stereocenters. The Morgan fingerprint density at radius 2 is 2.42 bits per heavy atom. The van der Waals surface area contributed by atoms with E-state index in [9.17, 15) is 9.59 Å². The van der Waals surface area contributed by atoms with Gasteiger partial charge >= 0.3 is 5.97 Å². The average Bonchev–Trinajstić information content (AvgIpc) is 2.78. The van der Waals surface area contributed by atoms with Crippen LogP contribution in [0.3, 0.4) is 0 Å². The van der Waals surface area contributed by atoms with Crippen LogP contribution in [0.15, 0.2) is 0 Å². The van der Waals surface area contributed by atoms with E-state index < -0.39 is 0 Å². The molecule has 0 N–H and O–H groups in total. The molecule has 2 atom stereocenters. The van der Waals surface area contributed by atoms with Crippen LogP contribution < -0.4 is 0 Å². The molecular formula is C9H12O3. The molecule has 2 fully saturated rings. The van der Waals surface area contributed by atoms with Gasteiger partial charge < -0.3 is 4.74 Å². The molecule has 66 valence electrons. The Balaban J connectivity index is 2.09. The van der Waals surface area contributed by atoms with Crippen molar-refractivity contribution < 1.29 is 14.3 Å². The van der Waals surface area contributed by atoms with E-state index in [4.69, 9.17) is 4.74 Å². The number of rotatable bonds is 1. The van der Waals surface area contributed by atoms with Crippen molar-refractivity contribution in [1.82, 2.24) is 0 Å². The van der Waals surface area contributed by atoms with Crippen LogP contribution in [0.4, 0.5) is 0 Å². The van der Waals surface area contributed by atoms with Gasteiger partial charge in [-0.3, -0.25) is 9.59 Å². The van der Waals surface area contributed by atoms with Crippen molar-refractivity contribution in [2.75, 3.05) is 7.11 Å². The first kappa shape index (κ1) is 7.77. The number of esters is 1. The van der Waals surface area contributed by atoms with E-state index in [1.54, 1.807) is 0 Å². The predicted octanol–water partition coefficient (Wildman–Crippen LogP) is 0.919. The second-order valence-electron chi connectivity index (χ2n) is 3.79. The lowest BCUT2D eigenvalue weighted by Crippen LogP contribution is -2.25. The summed E-state index contributed by atoms with van der Waals surface area (Å²) in [7, 11) is 1.42. The molecule has 2 aliphatic rings. The van der Waals surface area contributed by atoms with E-state index in [1.807, 2.05) is 0 Å². The largest absolute Gasteiger partial charge is 0.469 e. The zero-order valence-electron chi connectivity index (χ0n) is 7.13. The summed E-state index contributed by atoms with van der Waals surface area (Å²) in [6.07, 6.45) is 2.73. The summed E-state index contributed by atoms with van der Waals surface area (Å²) < 4.78 is 4.72. The van der Waals surface area contributed by atoms with Gasteiger partial charge in [0.1, 0.15) is 5.78 Å². The molecule has 12 heavy (non-hydrogen) atoms. The van der Waals surface area contributed by atoms with Crippen LogP contribution in [-0.2, 0) is 14.3 Å². The van der Waals surface area contributed by atoms with Crippen molar-refractivity contribution in [3.05, 3.63) is 0 Å². The molecule has 0 spiro atoms. The number of Topliss-reactive ketones (excluding diaryl/α,β-unsaturated/α-hetero) is 1. The average molecular weight is 168 g/mol. The van der Waals surface area contributed by atoms with Crippen molar-refractivity contribution in [2.24, 2.45) is 11.3 Å². The molecule has 0 heterocycles. The minimum Gasteiger partial charge on any atom is -0.469 e. The molecule has 2 rings (SSSR count). The lowest BCUT2D eigenvalue weighted by Gasteiger charge is -2.18. The Kier molecular flexibility index (Phi) is 1.50. The summed E-state index contributed by atoms with van der Waals surface area (Å²) in [6.45, 7) is 0. The first-order valence-electron chi connectivity index (χ1n) is 4.29. The van der Waals surface area contributed by atoms with Crippen LogP contribution in [0.5, 0.6) is 0 Å². The maximum atomic E-state index is 11.3. The number of hydrogen-bond donors (Lipinski definition) is 0. The summed E-state index contributed by atoms with van der Waals surface area (Å²) >= 11 is 0. The third-order valence-electron chi connectivity index (χ3n) is 3.15. The minimum atomic E-state index is -0.247. The first-order chi connectivity index (χ1) is 5.69. The van der Waals surface area contributed by atoms with Gasteiger partial charge in [-0.15, -0.1) is 0 Å². The van der Waals surface area contributed by atoms with Gasteiger partial charge in [-0.05, 0) is 18.8 Å². The monoisotopic (exact) mass is 168 g/mol. The summed E-state index contributed by atoms with van der Waals surface area (Å²) in [4.78, 5) is 22.3. The van der Waals surface area contributed by atoms with E-state index in [2.05, 4.69) is 0 Å². The van der Waals surface area contributed by atoms with E-state index in [0.717, 1.165) is 6.42 Å². The van der Waals surface area contributed by atoms with Crippen LogP contribution in [0.1, 0.15) is 25.7 Å². The summed E-state index contributed by atoms with van der Waals surface area (Å²) in [6, 6.07) is 0. The molecule has 0 radical (unpaired) electrons. The highest BCUT2D eigenvalue weighted by atomic mass is 16.5. The SMILES string of the molecule is COC(=O)[C@@]12CCC(=O)C[C@@H]1C2. The zero-order valence-corrected chi connectivity index (χ0v) is 7.13. The highest BCUT2D eigenvalue weighted by Gasteiger charge is 2.62. The third-order valence-corrected chi connectivity index (χ3v) is 3.15. The summed E-state index contributed by atoms with van der Waals surface area (Å²) in [5.41, 5.74) is -0.247. The Hall–Kier alpha value is -0.860. The van der Waals surface area contributed by atoms with Crippen LogP contribution in [0.2, 0.25) is 0 Å². The molecule has 0 aliphatic heterocycles. The maximum absolute atomic E-state index is 11.3. The number of fused-ring (bicyclic) bond motifs is 1. The van der Waals surface area contributed by atoms with Gasteiger partial charge in [0.25, 0.3) is 0 Å². The molecule has 2 saturated carbocycles. The number of methoxy groups -OCH3 is 1. The quantitative estimate of drug-likeness (QED) is 0.547. The second kappa shape index (κ2) is 2.31. The van der Waals surface area contributed by atoms with Gasteiger partial charge in [0.15, 0.2) is 0 Å². The molecule has 0 bridgehead atoms. The number of carbonyl (C=O) groups excluding carboxylic acids is 2. The Bertz CT molecular complexity index is 246. The van der Waals surface area contributed by atoms with Crippen molar-refractivity contribution in [3.8, 4) is 0 Å². The summed E-state index contributed by atoms with van der Waals surface area (Å²) in [5, 5.41) is 0. The molecule has 2 aliphatic carbocycles. The van der Waals surface area contributed by atoms with Gasteiger partial charge in [-0.2, -0.15) is 0 Å². The maximum Gasteiger partial charge on any atom is 0.312 e. The van der Waals surface area contributed by atoms with E-state index >= 15 is 0 Å². The second-order valence-corrected chi connectivity index (χ2v) is 3.79. The lowest BCUT2D eigenvalue weighted by molar-refractivity contribution is -0.149. The van der Waals surface area contributed by atoms with E-state index in [0.29, 0.717) is 31.0 Å². The molecule has 0 aromatic carbocycles. The molecule has 3 nitrogen and oxygen atoms in total. The molecule has 0 amide bonds. The van der Waals surface area contributed by atoms with Crippen molar-refractivity contribution in [2.45, 2.75) is 25.7 Å². The van der Waals surface area contributed by atoms with Gasteiger partial charge in [-0.1, -0.05) is 0 Å². The van der Waals surface area contributed by atoms with Gasteiger partial charge in [-0.25, -0.2) is 0 Å². The molecule has 3 heteroatoms. The predicted molar refractivity (Wildman–Crippen MR) is 41.4 cm³/mol. The van der Waals surface area contributed by atoms with Gasteiger partial charge in [0.05, 0.1) is 12.5 Å². The fraction of sp³-hybridized carbons (Fsp3) is 0.778. The third kappa shape index (κ3) is 0.886. The molecule has 0 aromatic heterocycles. The van der Waals surface area contributed by atoms with Crippen LogP contribution >= 0.6 is 0 Å². The smallest absolute Gasteiger partial charge is 0.312 e. The normalized spacial score (nSPS) is 38.8. The number of carbonyl (C=O) groups is 2. The number of hydrogen-bond acceptors (Lipinski definition) is 3. The molecule has 0 saturated heterocycles. The highest BCUT2D eigenvalue weighted by Crippen LogP contribution is 2.61. The first-order valence-corrected chi connectivity index (χ1v) is 4.29. The Morgan fingerprint density at radius 1 is 1.67 bits per heavy atom. The van der Waals surface area contributed by atoms with Crippen LogP contribution in [0.25, 0.3) is 0 Å². The highest BCUT2D eigenvalue weighted by molar-refractivity contribution is 5.88. The number of ether oxygens (including phenoxy) is 1. The summed E-state index contributed by atoms with van der Waals surface area (Å²) in [5.74, 6) is 0.489. The van der Waals surface area contributed by atoms with Gasteiger partial charge in [0, 0.05) is 12.8 Å².